The fraction of sp³-hybridized carbons (Fsp3) is 0.333. The first-order valence-corrected chi connectivity index (χ1v) is 6.03. The van der Waals surface area contributed by atoms with Gasteiger partial charge in [0.1, 0.15) is 0 Å². The molecule has 0 fully saturated rings. The van der Waals surface area contributed by atoms with E-state index in [-0.39, 0.29) is 0 Å². The van der Waals surface area contributed by atoms with Crippen LogP contribution in [0.25, 0.3) is 0 Å². The molecule has 1 aromatic rings. The van der Waals surface area contributed by atoms with Crippen molar-refractivity contribution in [1.82, 2.24) is 0 Å². The highest BCUT2D eigenvalue weighted by molar-refractivity contribution is 9.10. The minimum Gasteiger partial charge on any atom is -0.377 e. The number of allylic oxidation sites excluding steroid dienone is 1. The number of ether oxygens (including phenoxy) is 1. The van der Waals surface area contributed by atoms with Crippen molar-refractivity contribution >= 4 is 27.5 Å². The summed E-state index contributed by atoms with van der Waals surface area (Å²) >= 11 is 9.41. The van der Waals surface area contributed by atoms with Gasteiger partial charge in [0.05, 0.1) is 6.61 Å². The molecule has 0 amide bonds. The highest BCUT2D eigenvalue weighted by Gasteiger charge is 2.00. The van der Waals surface area contributed by atoms with Gasteiger partial charge in [-0.3, -0.25) is 0 Å². The van der Waals surface area contributed by atoms with Gasteiger partial charge in [0, 0.05) is 16.1 Å². The maximum Gasteiger partial charge on any atom is 0.0731 e. The van der Waals surface area contributed by atoms with Crippen LogP contribution in [0.3, 0.4) is 0 Å². The molecule has 0 radical (unpaired) electrons. The molecular weight excluding hydrogens is 275 g/mol. The normalized spacial score (nSPS) is 10.3. The van der Waals surface area contributed by atoms with Crippen LogP contribution in [0, 0.1) is 0 Å². The van der Waals surface area contributed by atoms with E-state index >= 15 is 0 Å². The predicted molar refractivity (Wildman–Crippen MR) is 68.2 cm³/mol. The van der Waals surface area contributed by atoms with Crippen molar-refractivity contribution in [2.45, 2.75) is 19.4 Å². The highest BCUT2D eigenvalue weighted by Crippen LogP contribution is 2.21. The lowest BCUT2D eigenvalue weighted by Crippen LogP contribution is -1.95. The largest absolute Gasteiger partial charge is 0.377 e. The van der Waals surface area contributed by atoms with Crippen molar-refractivity contribution in [3.63, 3.8) is 0 Å². The van der Waals surface area contributed by atoms with Crippen LogP contribution in [0.4, 0.5) is 0 Å². The summed E-state index contributed by atoms with van der Waals surface area (Å²) in [6, 6.07) is 5.82. The average molecular weight is 290 g/mol. The molecular formula is C12H14BrClO. The minimum absolute atomic E-state index is 0.573. The first-order valence-electron chi connectivity index (χ1n) is 4.86. The maximum atomic E-state index is 6.04. The van der Waals surface area contributed by atoms with Crippen LogP contribution in [0.15, 0.2) is 35.3 Å². The first kappa shape index (κ1) is 12.8. The third-order valence-corrected chi connectivity index (χ3v) is 2.81. The summed E-state index contributed by atoms with van der Waals surface area (Å²) in [5.74, 6) is 0. The number of halogens is 2. The van der Waals surface area contributed by atoms with Crippen LogP contribution in [-0.2, 0) is 11.3 Å². The number of unbranched alkanes of at least 4 members (excludes halogenated alkanes) is 1. The number of rotatable bonds is 6. The molecule has 0 saturated carbocycles. The standard InChI is InChI=1S/C12H14BrClO/c1-2-3-4-7-15-9-10-5-6-11(13)8-12(10)14/h2,5-6,8H,1,3-4,7,9H2. The van der Waals surface area contributed by atoms with Crippen molar-refractivity contribution in [1.29, 1.82) is 0 Å². The van der Waals surface area contributed by atoms with Crippen LogP contribution in [0.1, 0.15) is 18.4 Å². The molecule has 1 nitrogen and oxygen atoms in total. The molecule has 1 aromatic carbocycles. The van der Waals surface area contributed by atoms with Gasteiger partial charge in [-0.25, -0.2) is 0 Å². The summed E-state index contributed by atoms with van der Waals surface area (Å²) in [5.41, 5.74) is 1.03. The van der Waals surface area contributed by atoms with Gasteiger partial charge in [-0.2, -0.15) is 0 Å². The average Bonchev–Trinajstić information content (AvgIpc) is 2.20. The van der Waals surface area contributed by atoms with E-state index in [4.69, 9.17) is 16.3 Å². The number of benzene rings is 1. The van der Waals surface area contributed by atoms with E-state index in [1.165, 1.54) is 0 Å². The summed E-state index contributed by atoms with van der Waals surface area (Å²) in [5, 5.41) is 0.744. The zero-order valence-corrected chi connectivity index (χ0v) is 10.9. The van der Waals surface area contributed by atoms with E-state index in [1.807, 2.05) is 24.3 Å². The predicted octanol–water partition coefficient (Wildman–Crippen LogP) is 4.59. The monoisotopic (exact) mass is 288 g/mol. The Balaban J connectivity index is 2.34. The van der Waals surface area contributed by atoms with E-state index < -0.39 is 0 Å². The molecule has 0 N–H and O–H groups in total. The van der Waals surface area contributed by atoms with Crippen molar-refractivity contribution in [2.75, 3.05) is 6.61 Å². The van der Waals surface area contributed by atoms with Gasteiger partial charge in [-0.15, -0.1) is 6.58 Å². The summed E-state index contributed by atoms with van der Waals surface area (Å²) in [7, 11) is 0. The summed E-state index contributed by atoms with van der Waals surface area (Å²) in [6.45, 7) is 4.98. The Hall–Kier alpha value is -0.310. The fourth-order valence-electron chi connectivity index (χ4n) is 1.15. The lowest BCUT2D eigenvalue weighted by Gasteiger charge is -2.05. The van der Waals surface area contributed by atoms with Crippen molar-refractivity contribution in [3.05, 3.63) is 45.9 Å². The Labute approximate surface area is 104 Å². The van der Waals surface area contributed by atoms with Crippen molar-refractivity contribution in [3.8, 4) is 0 Å². The van der Waals surface area contributed by atoms with Gasteiger partial charge in [0.15, 0.2) is 0 Å². The Bertz CT molecular complexity index is 325. The van der Waals surface area contributed by atoms with Crippen LogP contribution in [-0.4, -0.2) is 6.61 Å². The Morgan fingerprint density at radius 1 is 1.47 bits per heavy atom. The van der Waals surface area contributed by atoms with Gasteiger partial charge >= 0.3 is 0 Å². The minimum atomic E-state index is 0.573. The summed E-state index contributed by atoms with van der Waals surface area (Å²) in [6.07, 6.45) is 3.90. The third kappa shape index (κ3) is 4.83. The quantitative estimate of drug-likeness (QED) is 0.550. The van der Waals surface area contributed by atoms with Gasteiger partial charge in [-0.05, 0) is 30.5 Å². The second-order valence-electron chi connectivity index (χ2n) is 3.22. The van der Waals surface area contributed by atoms with Gasteiger partial charge < -0.3 is 4.74 Å². The molecule has 15 heavy (non-hydrogen) atoms. The molecule has 0 atom stereocenters. The van der Waals surface area contributed by atoms with Gasteiger partial charge in [-0.1, -0.05) is 39.7 Å². The molecule has 0 aliphatic rings. The molecule has 0 aliphatic carbocycles. The second-order valence-corrected chi connectivity index (χ2v) is 4.54. The zero-order chi connectivity index (χ0) is 11.1. The van der Waals surface area contributed by atoms with Gasteiger partial charge in [0.2, 0.25) is 0 Å². The molecule has 0 spiro atoms. The Kier molecular flexibility index (Phi) is 5.99. The highest BCUT2D eigenvalue weighted by atomic mass is 79.9. The van der Waals surface area contributed by atoms with Crippen LogP contribution >= 0.6 is 27.5 Å². The SMILES string of the molecule is C=CCCCOCc1ccc(Br)cc1Cl. The van der Waals surface area contributed by atoms with E-state index in [2.05, 4.69) is 22.5 Å². The van der Waals surface area contributed by atoms with E-state index in [1.54, 1.807) is 0 Å². The topological polar surface area (TPSA) is 9.23 Å². The fourth-order valence-corrected chi connectivity index (χ4v) is 1.88. The lowest BCUT2D eigenvalue weighted by atomic mass is 10.2. The van der Waals surface area contributed by atoms with Crippen molar-refractivity contribution < 1.29 is 4.74 Å². The maximum absolute atomic E-state index is 6.04. The first-order chi connectivity index (χ1) is 7.24. The summed E-state index contributed by atoms with van der Waals surface area (Å²) < 4.78 is 6.48. The number of hydrogen-bond donors (Lipinski definition) is 0. The molecule has 0 heterocycles. The molecule has 0 aromatic heterocycles. The molecule has 1 rings (SSSR count). The third-order valence-electron chi connectivity index (χ3n) is 1.97. The van der Waals surface area contributed by atoms with E-state index in [0.717, 1.165) is 34.5 Å². The van der Waals surface area contributed by atoms with E-state index in [9.17, 15) is 0 Å². The van der Waals surface area contributed by atoms with Crippen LogP contribution < -0.4 is 0 Å². The molecule has 3 heteroatoms. The number of hydrogen-bond acceptors (Lipinski definition) is 1. The van der Waals surface area contributed by atoms with Crippen LogP contribution in [0.2, 0.25) is 5.02 Å². The van der Waals surface area contributed by atoms with Crippen LogP contribution in [0.5, 0.6) is 0 Å². The van der Waals surface area contributed by atoms with Crippen molar-refractivity contribution in [2.24, 2.45) is 0 Å². The molecule has 82 valence electrons. The molecule has 0 unspecified atom stereocenters. The molecule has 0 bridgehead atoms. The molecule has 0 aliphatic heterocycles. The molecule has 0 saturated heterocycles. The second kappa shape index (κ2) is 7.04. The Morgan fingerprint density at radius 3 is 2.93 bits per heavy atom. The van der Waals surface area contributed by atoms with E-state index in [0.29, 0.717) is 6.61 Å². The Morgan fingerprint density at radius 2 is 2.27 bits per heavy atom. The smallest absolute Gasteiger partial charge is 0.0731 e. The lowest BCUT2D eigenvalue weighted by molar-refractivity contribution is 0.119. The summed E-state index contributed by atoms with van der Waals surface area (Å²) in [4.78, 5) is 0. The zero-order valence-electron chi connectivity index (χ0n) is 8.51. The van der Waals surface area contributed by atoms with Gasteiger partial charge in [0.25, 0.3) is 0 Å².